The lowest BCUT2D eigenvalue weighted by atomic mass is 9.97. The van der Waals surface area contributed by atoms with Gasteiger partial charge in [0, 0.05) is 5.02 Å². The lowest BCUT2D eigenvalue weighted by Crippen LogP contribution is -2.09. The van der Waals surface area contributed by atoms with Crippen LogP contribution < -0.4 is 4.74 Å². The second kappa shape index (κ2) is 5.79. The molecule has 1 aliphatic rings. The zero-order chi connectivity index (χ0) is 14.1. The Balaban J connectivity index is 1.98. The van der Waals surface area contributed by atoms with Gasteiger partial charge in [0.15, 0.2) is 0 Å². The Morgan fingerprint density at radius 3 is 2.95 bits per heavy atom. The smallest absolute Gasteiger partial charge is 0.122 e. The fraction of sp³-hybridized carbons (Fsp3) is 0.294. The lowest BCUT2D eigenvalue weighted by Gasteiger charge is -2.20. The average Bonchev–Trinajstić information content (AvgIpc) is 2.49. The minimum Gasteiger partial charge on any atom is -0.493 e. The molecule has 1 atom stereocenters. The van der Waals surface area contributed by atoms with Crippen molar-refractivity contribution in [3.8, 4) is 5.75 Å². The highest BCUT2D eigenvalue weighted by atomic mass is 79.9. The molecule has 0 bridgehead atoms. The fourth-order valence-electron chi connectivity index (χ4n) is 2.62. The maximum Gasteiger partial charge on any atom is 0.122 e. The average molecular weight is 352 g/mol. The van der Waals surface area contributed by atoms with E-state index >= 15 is 0 Å². The number of fused-ring (bicyclic) bond motifs is 1. The molecule has 0 fully saturated rings. The molecule has 0 saturated heterocycles. The predicted molar refractivity (Wildman–Crippen MR) is 87.2 cm³/mol. The molecule has 0 aromatic heterocycles. The van der Waals surface area contributed by atoms with Gasteiger partial charge in [0.1, 0.15) is 5.75 Å². The molecule has 3 heteroatoms. The Kier molecular flexibility index (Phi) is 4.04. The molecule has 1 nitrogen and oxygen atoms in total. The second-order valence-electron chi connectivity index (χ2n) is 5.14. The number of ether oxygens (including phenoxy) is 1. The topological polar surface area (TPSA) is 9.23 Å². The molecule has 0 aliphatic carbocycles. The van der Waals surface area contributed by atoms with E-state index in [2.05, 4.69) is 47.1 Å². The molecule has 0 amide bonds. The minimum absolute atomic E-state index is 0.161. The number of alkyl halides is 1. The number of halogens is 2. The molecular formula is C17H16BrClO. The summed E-state index contributed by atoms with van der Waals surface area (Å²) in [6.07, 6.45) is 2.19. The maximum absolute atomic E-state index is 6.22. The van der Waals surface area contributed by atoms with E-state index < -0.39 is 0 Å². The molecule has 0 radical (unpaired) electrons. The Hall–Kier alpha value is -0.990. The van der Waals surface area contributed by atoms with Gasteiger partial charge >= 0.3 is 0 Å². The molecule has 0 spiro atoms. The van der Waals surface area contributed by atoms with Crippen molar-refractivity contribution in [2.24, 2.45) is 0 Å². The third-order valence-corrected chi connectivity index (χ3v) is 5.24. The van der Waals surface area contributed by atoms with Gasteiger partial charge in [0.05, 0.1) is 11.4 Å². The van der Waals surface area contributed by atoms with Gasteiger partial charge in [-0.05, 0) is 54.2 Å². The van der Waals surface area contributed by atoms with Crippen LogP contribution in [0, 0.1) is 6.92 Å². The van der Waals surface area contributed by atoms with Crippen molar-refractivity contribution in [1.82, 2.24) is 0 Å². The van der Waals surface area contributed by atoms with Crippen LogP contribution in [0.15, 0.2) is 36.4 Å². The summed E-state index contributed by atoms with van der Waals surface area (Å²) in [5, 5.41) is 0.813. The third kappa shape index (κ3) is 2.59. The van der Waals surface area contributed by atoms with Gasteiger partial charge < -0.3 is 4.74 Å². The Morgan fingerprint density at radius 1 is 1.25 bits per heavy atom. The summed E-state index contributed by atoms with van der Waals surface area (Å²) >= 11 is 10.0. The quantitative estimate of drug-likeness (QED) is 0.653. The summed E-state index contributed by atoms with van der Waals surface area (Å²) in [4.78, 5) is 0.161. The first kappa shape index (κ1) is 14.0. The molecule has 1 unspecified atom stereocenters. The highest BCUT2D eigenvalue weighted by Gasteiger charge is 2.17. The molecule has 1 heterocycles. The van der Waals surface area contributed by atoms with Crippen LogP contribution >= 0.6 is 27.5 Å². The summed E-state index contributed by atoms with van der Waals surface area (Å²) in [6.45, 7) is 2.89. The molecule has 104 valence electrons. The minimum atomic E-state index is 0.161. The van der Waals surface area contributed by atoms with E-state index in [0.717, 1.165) is 35.8 Å². The van der Waals surface area contributed by atoms with Crippen LogP contribution in [-0.4, -0.2) is 6.61 Å². The summed E-state index contributed by atoms with van der Waals surface area (Å²) in [5.41, 5.74) is 4.90. The van der Waals surface area contributed by atoms with Gasteiger partial charge in [0.25, 0.3) is 0 Å². The molecule has 20 heavy (non-hydrogen) atoms. The number of benzene rings is 2. The molecule has 0 saturated carbocycles. The van der Waals surface area contributed by atoms with Crippen molar-refractivity contribution >= 4 is 27.5 Å². The molecular weight excluding hydrogens is 336 g/mol. The van der Waals surface area contributed by atoms with Gasteiger partial charge in [-0.25, -0.2) is 0 Å². The normalized spacial score (nSPS) is 15.3. The van der Waals surface area contributed by atoms with E-state index in [0.29, 0.717) is 0 Å². The largest absolute Gasteiger partial charge is 0.493 e. The van der Waals surface area contributed by atoms with Crippen LogP contribution in [-0.2, 0) is 6.42 Å². The number of hydrogen-bond donors (Lipinski definition) is 0. The Bertz CT molecular complexity index is 639. The number of hydrogen-bond acceptors (Lipinski definition) is 1. The van der Waals surface area contributed by atoms with Gasteiger partial charge in [-0.2, -0.15) is 0 Å². The molecule has 1 aliphatic heterocycles. The van der Waals surface area contributed by atoms with Crippen LogP contribution in [0.2, 0.25) is 5.02 Å². The maximum atomic E-state index is 6.22. The highest BCUT2D eigenvalue weighted by molar-refractivity contribution is 9.09. The monoisotopic (exact) mass is 350 g/mol. The SMILES string of the molecule is Cc1c(Cl)cccc1C(Br)c1ccc2c(c1)CCCO2. The molecule has 2 aromatic rings. The van der Waals surface area contributed by atoms with E-state index in [1.165, 1.54) is 16.7 Å². The van der Waals surface area contributed by atoms with E-state index in [1.807, 2.05) is 12.1 Å². The van der Waals surface area contributed by atoms with E-state index in [-0.39, 0.29) is 4.83 Å². The van der Waals surface area contributed by atoms with Gasteiger partial charge in [-0.3, -0.25) is 0 Å². The summed E-state index contributed by atoms with van der Waals surface area (Å²) < 4.78 is 5.67. The first-order chi connectivity index (χ1) is 9.66. The van der Waals surface area contributed by atoms with Crippen LogP contribution in [0.1, 0.15) is 33.5 Å². The summed E-state index contributed by atoms with van der Waals surface area (Å²) in [6, 6.07) is 12.5. The van der Waals surface area contributed by atoms with Gasteiger partial charge in [-0.1, -0.05) is 51.8 Å². The van der Waals surface area contributed by atoms with Crippen molar-refractivity contribution in [1.29, 1.82) is 0 Å². The van der Waals surface area contributed by atoms with E-state index in [1.54, 1.807) is 0 Å². The first-order valence-electron chi connectivity index (χ1n) is 6.81. The standard InChI is InChI=1S/C17H16BrClO/c1-11-14(5-2-6-15(11)19)17(18)13-7-8-16-12(10-13)4-3-9-20-16/h2,5-8,10,17H,3-4,9H2,1H3. The summed E-state index contributed by atoms with van der Waals surface area (Å²) in [7, 11) is 0. The van der Waals surface area contributed by atoms with E-state index in [4.69, 9.17) is 16.3 Å². The molecule has 0 N–H and O–H groups in total. The third-order valence-electron chi connectivity index (χ3n) is 3.81. The van der Waals surface area contributed by atoms with Crippen LogP contribution in [0.5, 0.6) is 5.75 Å². The van der Waals surface area contributed by atoms with Crippen molar-refractivity contribution in [3.63, 3.8) is 0 Å². The summed E-state index contributed by atoms with van der Waals surface area (Å²) in [5.74, 6) is 1.03. The predicted octanol–water partition coefficient (Wildman–Crippen LogP) is 5.46. The zero-order valence-corrected chi connectivity index (χ0v) is 13.7. The van der Waals surface area contributed by atoms with Crippen molar-refractivity contribution < 1.29 is 4.74 Å². The van der Waals surface area contributed by atoms with Gasteiger partial charge in [-0.15, -0.1) is 0 Å². The molecule has 3 rings (SSSR count). The van der Waals surface area contributed by atoms with E-state index in [9.17, 15) is 0 Å². The van der Waals surface area contributed by atoms with Gasteiger partial charge in [0.2, 0.25) is 0 Å². The number of rotatable bonds is 2. The highest BCUT2D eigenvalue weighted by Crippen LogP contribution is 2.37. The van der Waals surface area contributed by atoms with Crippen molar-refractivity contribution in [2.75, 3.05) is 6.61 Å². The van der Waals surface area contributed by atoms with Crippen molar-refractivity contribution in [2.45, 2.75) is 24.6 Å². The zero-order valence-electron chi connectivity index (χ0n) is 11.3. The Morgan fingerprint density at radius 2 is 2.10 bits per heavy atom. The Labute approximate surface area is 133 Å². The molecule has 2 aromatic carbocycles. The first-order valence-corrected chi connectivity index (χ1v) is 8.11. The van der Waals surface area contributed by atoms with Crippen LogP contribution in [0.3, 0.4) is 0 Å². The van der Waals surface area contributed by atoms with Crippen LogP contribution in [0.4, 0.5) is 0 Å². The van der Waals surface area contributed by atoms with Crippen molar-refractivity contribution in [3.05, 3.63) is 63.7 Å². The number of aryl methyl sites for hydroxylation is 1. The second-order valence-corrected chi connectivity index (χ2v) is 6.46. The lowest BCUT2D eigenvalue weighted by molar-refractivity contribution is 0.288. The fourth-order valence-corrected chi connectivity index (χ4v) is 3.58. The van der Waals surface area contributed by atoms with Crippen LogP contribution in [0.25, 0.3) is 0 Å².